The van der Waals surface area contributed by atoms with Crippen LogP contribution in [0.2, 0.25) is 0 Å². The first-order chi connectivity index (χ1) is 12.0. The normalized spacial score (nSPS) is 11.2. The van der Waals surface area contributed by atoms with Crippen LogP contribution < -0.4 is 5.32 Å². The molecule has 0 aliphatic heterocycles. The standard InChI is InChI=1S/C20H27FN4.HI/c1-22-20(25(4)15-18-9-11-19(21)12-10-18)23-13-16-5-7-17(8-6-16)14-24(2)3;/h5-12H,13-15H2,1-4H3,(H,22,23);1H. The predicted octanol–water partition coefficient (Wildman–Crippen LogP) is 3.71. The van der Waals surface area contributed by atoms with Gasteiger partial charge < -0.3 is 15.1 Å². The quantitative estimate of drug-likeness (QED) is 0.397. The molecule has 0 aliphatic rings. The Bertz CT molecular complexity index is 684. The number of rotatable bonds is 6. The van der Waals surface area contributed by atoms with E-state index in [1.54, 1.807) is 19.2 Å². The van der Waals surface area contributed by atoms with E-state index in [2.05, 4.69) is 53.6 Å². The lowest BCUT2D eigenvalue weighted by Gasteiger charge is -2.22. The highest BCUT2D eigenvalue weighted by atomic mass is 127. The fourth-order valence-electron chi connectivity index (χ4n) is 2.63. The molecule has 26 heavy (non-hydrogen) atoms. The van der Waals surface area contributed by atoms with Gasteiger partial charge in [0.15, 0.2) is 5.96 Å². The minimum Gasteiger partial charge on any atom is -0.352 e. The van der Waals surface area contributed by atoms with Gasteiger partial charge >= 0.3 is 0 Å². The zero-order chi connectivity index (χ0) is 18.2. The second kappa shape index (κ2) is 11.1. The van der Waals surface area contributed by atoms with Crippen molar-refractivity contribution < 1.29 is 4.39 Å². The van der Waals surface area contributed by atoms with Crippen molar-refractivity contribution in [2.45, 2.75) is 19.6 Å². The largest absolute Gasteiger partial charge is 0.352 e. The fourth-order valence-corrected chi connectivity index (χ4v) is 2.63. The molecule has 0 atom stereocenters. The molecule has 4 nitrogen and oxygen atoms in total. The molecule has 0 heterocycles. The first-order valence-corrected chi connectivity index (χ1v) is 8.36. The Kier molecular flexibility index (Phi) is 9.58. The Hall–Kier alpha value is -1.67. The van der Waals surface area contributed by atoms with Crippen LogP contribution in [-0.4, -0.2) is 44.0 Å². The SMILES string of the molecule is CN=C(NCc1ccc(CN(C)C)cc1)N(C)Cc1ccc(F)cc1.I. The third-order valence-corrected chi connectivity index (χ3v) is 3.88. The van der Waals surface area contributed by atoms with Crippen molar-refractivity contribution in [3.63, 3.8) is 0 Å². The minimum atomic E-state index is -0.216. The molecule has 1 N–H and O–H groups in total. The summed E-state index contributed by atoms with van der Waals surface area (Å²) in [5.41, 5.74) is 3.55. The number of hydrogen-bond acceptors (Lipinski definition) is 2. The number of nitrogens with one attached hydrogen (secondary N) is 1. The van der Waals surface area contributed by atoms with Gasteiger partial charge in [-0.05, 0) is 42.9 Å². The van der Waals surface area contributed by atoms with Gasteiger partial charge in [0.2, 0.25) is 0 Å². The lowest BCUT2D eigenvalue weighted by molar-refractivity contribution is 0.402. The molecule has 0 spiro atoms. The van der Waals surface area contributed by atoms with Crippen molar-refractivity contribution in [2.24, 2.45) is 4.99 Å². The van der Waals surface area contributed by atoms with Crippen molar-refractivity contribution >= 4 is 29.9 Å². The summed E-state index contributed by atoms with van der Waals surface area (Å²) in [5.74, 6) is 0.591. The van der Waals surface area contributed by atoms with E-state index in [-0.39, 0.29) is 29.8 Å². The Morgan fingerprint density at radius 2 is 1.38 bits per heavy atom. The highest BCUT2D eigenvalue weighted by molar-refractivity contribution is 14.0. The van der Waals surface area contributed by atoms with Crippen molar-refractivity contribution in [3.8, 4) is 0 Å². The molecule has 0 bridgehead atoms. The summed E-state index contributed by atoms with van der Waals surface area (Å²) < 4.78 is 13.0. The van der Waals surface area contributed by atoms with Crippen LogP contribution >= 0.6 is 24.0 Å². The highest BCUT2D eigenvalue weighted by Crippen LogP contribution is 2.08. The molecule has 6 heteroatoms. The van der Waals surface area contributed by atoms with Crippen molar-refractivity contribution in [1.29, 1.82) is 0 Å². The summed E-state index contributed by atoms with van der Waals surface area (Å²) in [5, 5.41) is 3.37. The van der Waals surface area contributed by atoms with Gasteiger partial charge in [0.25, 0.3) is 0 Å². The Labute approximate surface area is 173 Å². The van der Waals surface area contributed by atoms with E-state index in [1.165, 1.54) is 23.3 Å². The molecule has 2 rings (SSSR count). The lowest BCUT2D eigenvalue weighted by Crippen LogP contribution is -2.38. The summed E-state index contributed by atoms with van der Waals surface area (Å²) in [6.45, 7) is 2.32. The number of benzene rings is 2. The Morgan fingerprint density at radius 1 is 0.885 bits per heavy atom. The van der Waals surface area contributed by atoms with Crippen LogP contribution in [0.1, 0.15) is 16.7 Å². The molecule has 2 aromatic carbocycles. The number of guanidine groups is 1. The molecule has 0 radical (unpaired) electrons. The maximum Gasteiger partial charge on any atom is 0.193 e. The van der Waals surface area contributed by atoms with Crippen molar-refractivity contribution in [2.75, 3.05) is 28.2 Å². The summed E-state index contributed by atoms with van der Waals surface area (Å²) in [6.07, 6.45) is 0. The second-order valence-corrected chi connectivity index (χ2v) is 6.44. The Balaban J connectivity index is 0.00000338. The van der Waals surface area contributed by atoms with Crippen LogP contribution in [0.25, 0.3) is 0 Å². The maximum atomic E-state index is 13.0. The van der Waals surface area contributed by atoms with E-state index in [0.29, 0.717) is 13.1 Å². The first kappa shape index (κ1) is 22.4. The van der Waals surface area contributed by atoms with Crippen LogP contribution in [0, 0.1) is 5.82 Å². The van der Waals surface area contributed by atoms with Gasteiger partial charge in [-0.15, -0.1) is 24.0 Å². The summed E-state index contributed by atoms with van der Waals surface area (Å²) in [6, 6.07) is 15.1. The second-order valence-electron chi connectivity index (χ2n) is 6.44. The van der Waals surface area contributed by atoms with Crippen LogP contribution in [0.3, 0.4) is 0 Å². The molecule has 0 amide bonds. The van der Waals surface area contributed by atoms with E-state index in [9.17, 15) is 4.39 Å². The van der Waals surface area contributed by atoms with Gasteiger partial charge in [0, 0.05) is 33.7 Å². The van der Waals surface area contributed by atoms with Crippen LogP contribution in [0.15, 0.2) is 53.5 Å². The molecular formula is C20H28FIN4. The zero-order valence-electron chi connectivity index (χ0n) is 15.9. The number of nitrogens with zero attached hydrogens (tertiary/aromatic N) is 3. The van der Waals surface area contributed by atoms with Crippen molar-refractivity contribution in [1.82, 2.24) is 15.1 Å². The topological polar surface area (TPSA) is 30.9 Å². The average Bonchev–Trinajstić information content (AvgIpc) is 2.58. The third-order valence-electron chi connectivity index (χ3n) is 3.88. The smallest absolute Gasteiger partial charge is 0.193 e. The molecule has 2 aromatic rings. The summed E-state index contributed by atoms with van der Waals surface area (Å²) in [7, 11) is 7.87. The molecule has 0 fully saturated rings. The molecule has 0 aromatic heterocycles. The van der Waals surface area contributed by atoms with E-state index < -0.39 is 0 Å². The summed E-state index contributed by atoms with van der Waals surface area (Å²) >= 11 is 0. The van der Waals surface area contributed by atoms with Gasteiger partial charge in [-0.25, -0.2) is 4.39 Å². The van der Waals surface area contributed by atoms with Gasteiger partial charge in [0.05, 0.1) is 0 Å². The monoisotopic (exact) mass is 470 g/mol. The number of hydrogen-bond donors (Lipinski definition) is 1. The molecule has 142 valence electrons. The van der Waals surface area contributed by atoms with E-state index in [4.69, 9.17) is 0 Å². The van der Waals surface area contributed by atoms with Crippen molar-refractivity contribution in [3.05, 3.63) is 71.0 Å². The molecule has 0 saturated carbocycles. The molecule has 0 unspecified atom stereocenters. The summed E-state index contributed by atoms with van der Waals surface area (Å²) in [4.78, 5) is 8.50. The van der Waals surface area contributed by atoms with Gasteiger partial charge in [-0.2, -0.15) is 0 Å². The first-order valence-electron chi connectivity index (χ1n) is 8.36. The predicted molar refractivity (Wildman–Crippen MR) is 117 cm³/mol. The maximum absolute atomic E-state index is 13.0. The van der Waals surface area contributed by atoms with Crippen LogP contribution in [-0.2, 0) is 19.6 Å². The number of halogens is 2. The van der Waals surface area contributed by atoms with Gasteiger partial charge in [0.1, 0.15) is 5.82 Å². The zero-order valence-corrected chi connectivity index (χ0v) is 18.2. The van der Waals surface area contributed by atoms with E-state index in [1.807, 2.05) is 11.9 Å². The minimum absolute atomic E-state index is 0. The van der Waals surface area contributed by atoms with E-state index in [0.717, 1.165) is 18.1 Å². The van der Waals surface area contributed by atoms with Crippen LogP contribution in [0.4, 0.5) is 4.39 Å². The average molecular weight is 470 g/mol. The lowest BCUT2D eigenvalue weighted by atomic mass is 10.1. The molecular weight excluding hydrogens is 442 g/mol. The highest BCUT2D eigenvalue weighted by Gasteiger charge is 2.07. The third kappa shape index (κ3) is 7.29. The molecule has 0 saturated heterocycles. The number of aliphatic imine (C=N–C) groups is 1. The molecule has 0 aliphatic carbocycles. The van der Waals surface area contributed by atoms with E-state index >= 15 is 0 Å². The van der Waals surface area contributed by atoms with Gasteiger partial charge in [-0.1, -0.05) is 36.4 Å². The van der Waals surface area contributed by atoms with Gasteiger partial charge in [-0.3, -0.25) is 4.99 Å². The fraction of sp³-hybridized carbons (Fsp3) is 0.350. The van der Waals surface area contributed by atoms with Crippen LogP contribution in [0.5, 0.6) is 0 Å². The Morgan fingerprint density at radius 3 is 1.92 bits per heavy atom.